The number of fused-ring (bicyclic) bond motifs is 2. The van der Waals surface area contributed by atoms with Gasteiger partial charge in [0.25, 0.3) is 0 Å². The van der Waals surface area contributed by atoms with E-state index in [0.717, 1.165) is 6.42 Å². The van der Waals surface area contributed by atoms with Gasteiger partial charge < -0.3 is 9.47 Å². The van der Waals surface area contributed by atoms with E-state index in [0.29, 0.717) is 6.61 Å². The quantitative estimate of drug-likeness (QED) is 0.663. The highest BCUT2D eigenvalue weighted by atomic mass is 16.6. The van der Waals surface area contributed by atoms with Crippen LogP contribution >= 0.6 is 0 Å². The first kappa shape index (κ1) is 10.8. The first-order valence-electron chi connectivity index (χ1n) is 5.59. The van der Waals surface area contributed by atoms with Gasteiger partial charge in [0.1, 0.15) is 11.4 Å². The maximum absolute atomic E-state index is 11.6. The zero-order valence-corrected chi connectivity index (χ0v) is 9.53. The molecule has 4 atom stereocenters. The highest BCUT2D eigenvalue weighted by Gasteiger charge is 2.55. The summed E-state index contributed by atoms with van der Waals surface area (Å²) in [6.07, 6.45) is 4.94. The van der Waals surface area contributed by atoms with Crippen molar-refractivity contribution >= 4 is 5.78 Å². The van der Waals surface area contributed by atoms with Crippen molar-refractivity contribution in [3.63, 3.8) is 0 Å². The molecule has 1 fully saturated rings. The highest BCUT2D eigenvalue weighted by molar-refractivity contribution is 5.81. The Kier molecular flexibility index (Phi) is 2.69. The van der Waals surface area contributed by atoms with Crippen LogP contribution in [-0.4, -0.2) is 30.2 Å². The molecule has 2 aliphatic rings. The largest absolute Gasteiger partial charge is 0.375 e. The second-order valence-electron chi connectivity index (χ2n) is 4.37. The van der Waals surface area contributed by atoms with Crippen molar-refractivity contribution in [2.75, 3.05) is 6.61 Å². The molecular weight excluding hydrogens is 192 g/mol. The van der Waals surface area contributed by atoms with Crippen LogP contribution in [0, 0.1) is 5.92 Å². The Morgan fingerprint density at radius 3 is 3.00 bits per heavy atom. The third kappa shape index (κ3) is 1.54. The molecule has 2 aliphatic heterocycles. The maximum atomic E-state index is 11.6. The molecule has 3 heteroatoms. The first-order valence-corrected chi connectivity index (χ1v) is 5.59. The summed E-state index contributed by atoms with van der Waals surface area (Å²) in [7, 11) is 0. The van der Waals surface area contributed by atoms with Crippen molar-refractivity contribution in [1.82, 2.24) is 0 Å². The Morgan fingerprint density at radius 2 is 2.47 bits per heavy atom. The van der Waals surface area contributed by atoms with Gasteiger partial charge in [-0.05, 0) is 27.2 Å². The summed E-state index contributed by atoms with van der Waals surface area (Å²) in [4.78, 5) is 11.6. The van der Waals surface area contributed by atoms with E-state index in [1.165, 1.54) is 0 Å². The molecule has 0 aromatic carbocycles. The molecule has 0 spiro atoms. The van der Waals surface area contributed by atoms with Crippen LogP contribution in [0.25, 0.3) is 0 Å². The zero-order valence-electron chi connectivity index (χ0n) is 9.53. The average Bonchev–Trinajstić information content (AvgIpc) is 2.75. The topological polar surface area (TPSA) is 35.5 Å². The molecule has 0 saturated carbocycles. The number of ketones is 1. The Bertz CT molecular complexity index is 297. The lowest BCUT2D eigenvalue weighted by Gasteiger charge is -2.34. The smallest absolute Gasteiger partial charge is 0.136 e. The molecule has 4 unspecified atom stereocenters. The molecule has 0 N–H and O–H groups in total. The Hall–Kier alpha value is -0.670. The van der Waals surface area contributed by atoms with Crippen LogP contribution < -0.4 is 0 Å². The normalized spacial score (nSPS) is 39.7. The van der Waals surface area contributed by atoms with Crippen LogP contribution in [0.3, 0.4) is 0 Å². The molecule has 1 saturated heterocycles. The van der Waals surface area contributed by atoms with Gasteiger partial charge in [0.05, 0.1) is 18.1 Å². The van der Waals surface area contributed by atoms with Gasteiger partial charge in [-0.1, -0.05) is 12.2 Å². The lowest BCUT2D eigenvalue weighted by molar-refractivity contribution is -0.134. The number of rotatable bonds is 4. The van der Waals surface area contributed by atoms with E-state index in [-0.39, 0.29) is 23.9 Å². The number of hydrogen-bond acceptors (Lipinski definition) is 3. The van der Waals surface area contributed by atoms with Crippen LogP contribution in [0.1, 0.15) is 27.2 Å². The maximum Gasteiger partial charge on any atom is 0.136 e. The monoisotopic (exact) mass is 210 g/mol. The lowest BCUT2D eigenvalue weighted by atomic mass is 9.77. The minimum atomic E-state index is -0.494. The van der Waals surface area contributed by atoms with Gasteiger partial charge in [-0.2, -0.15) is 0 Å². The van der Waals surface area contributed by atoms with Crippen LogP contribution in [0.4, 0.5) is 0 Å². The van der Waals surface area contributed by atoms with Crippen molar-refractivity contribution in [2.45, 2.75) is 45.0 Å². The van der Waals surface area contributed by atoms with E-state index < -0.39 is 5.60 Å². The van der Waals surface area contributed by atoms with Crippen molar-refractivity contribution in [2.24, 2.45) is 5.92 Å². The fourth-order valence-corrected chi connectivity index (χ4v) is 2.72. The average molecular weight is 210 g/mol. The van der Waals surface area contributed by atoms with Crippen molar-refractivity contribution in [1.29, 1.82) is 0 Å². The molecule has 0 radical (unpaired) electrons. The minimum absolute atomic E-state index is 0.0333. The van der Waals surface area contributed by atoms with Gasteiger partial charge >= 0.3 is 0 Å². The van der Waals surface area contributed by atoms with E-state index in [1.807, 2.05) is 19.9 Å². The standard InChI is InChI=1S/C12H18O3/c1-4-14-9(3)12-6-5-10(15-12)7-11(12)8(2)13/h5-6,9-11H,4,7H2,1-3H3. The number of carbonyl (C=O) groups is 1. The second-order valence-corrected chi connectivity index (χ2v) is 4.37. The molecule has 84 valence electrons. The van der Waals surface area contributed by atoms with Gasteiger partial charge in [0.15, 0.2) is 0 Å². The summed E-state index contributed by atoms with van der Waals surface area (Å²) in [5, 5.41) is 0. The molecule has 15 heavy (non-hydrogen) atoms. The third-order valence-electron chi connectivity index (χ3n) is 3.48. The predicted molar refractivity (Wildman–Crippen MR) is 56.6 cm³/mol. The predicted octanol–water partition coefficient (Wildman–Crippen LogP) is 1.71. The Labute approximate surface area is 90.4 Å². The molecule has 3 nitrogen and oxygen atoms in total. The Balaban J connectivity index is 2.23. The molecule has 0 aromatic rings. The van der Waals surface area contributed by atoms with E-state index in [1.54, 1.807) is 6.92 Å². The first-order chi connectivity index (χ1) is 7.10. The minimum Gasteiger partial charge on any atom is -0.375 e. The molecule has 0 aromatic heterocycles. The molecule has 0 amide bonds. The van der Waals surface area contributed by atoms with Gasteiger partial charge in [0, 0.05) is 6.61 Å². The Morgan fingerprint density at radius 1 is 1.73 bits per heavy atom. The van der Waals surface area contributed by atoms with Crippen molar-refractivity contribution < 1.29 is 14.3 Å². The van der Waals surface area contributed by atoms with Crippen molar-refractivity contribution in [3.05, 3.63) is 12.2 Å². The summed E-state index contributed by atoms with van der Waals surface area (Å²) in [5.74, 6) is 0.169. The summed E-state index contributed by atoms with van der Waals surface area (Å²) in [6.45, 7) is 6.23. The van der Waals surface area contributed by atoms with Crippen LogP contribution in [0.5, 0.6) is 0 Å². The summed E-state index contributed by atoms with van der Waals surface area (Å²) in [6, 6.07) is 0. The van der Waals surface area contributed by atoms with Crippen LogP contribution in [0.2, 0.25) is 0 Å². The van der Waals surface area contributed by atoms with Gasteiger partial charge in [-0.3, -0.25) is 4.79 Å². The number of ether oxygens (including phenoxy) is 2. The van der Waals surface area contributed by atoms with E-state index in [2.05, 4.69) is 6.08 Å². The third-order valence-corrected chi connectivity index (χ3v) is 3.48. The van der Waals surface area contributed by atoms with E-state index in [9.17, 15) is 4.79 Å². The SMILES string of the molecule is CCOC(C)C12C=CC(CC1C(C)=O)O2. The second kappa shape index (κ2) is 3.72. The fourth-order valence-electron chi connectivity index (χ4n) is 2.72. The molecular formula is C12H18O3. The van der Waals surface area contributed by atoms with Gasteiger partial charge in [-0.15, -0.1) is 0 Å². The van der Waals surface area contributed by atoms with E-state index >= 15 is 0 Å². The van der Waals surface area contributed by atoms with Gasteiger partial charge in [-0.25, -0.2) is 0 Å². The summed E-state index contributed by atoms with van der Waals surface area (Å²) >= 11 is 0. The highest BCUT2D eigenvalue weighted by Crippen LogP contribution is 2.46. The van der Waals surface area contributed by atoms with Crippen molar-refractivity contribution in [3.8, 4) is 0 Å². The molecule has 2 rings (SSSR count). The number of hydrogen-bond donors (Lipinski definition) is 0. The summed E-state index contributed by atoms with van der Waals surface area (Å²) in [5.41, 5.74) is -0.494. The van der Waals surface area contributed by atoms with Gasteiger partial charge in [0.2, 0.25) is 0 Å². The lowest BCUT2D eigenvalue weighted by Crippen LogP contribution is -2.47. The number of carbonyl (C=O) groups excluding carboxylic acids is 1. The molecule has 2 bridgehead atoms. The van der Waals surface area contributed by atoms with Crippen LogP contribution in [-0.2, 0) is 14.3 Å². The molecule has 0 aliphatic carbocycles. The molecule has 2 heterocycles. The summed E-state index contributed by atoms with van der Waals surface area (Å²) < 4.78 is 11.5. The van der Waals surface area contributed by atoms with Crippen LogP contribution in [0.15, 0.2) is 12.2 Å². The zero-order chi connectivity index (χ0) is 11.1. The fraction of sp³-hybridized carbons (Fsp3) is 0.750. The number of Topliss-reactive ketones (excluding diaryl/α,β-unsaturated/α-hetero) is 1. The van der Waals surface area contributed by atoms with E-state index in [4.69, 9.17) is 9.47 Å².